The van der Waals surface area contributed by atoms with E-state index >= 15 is 0 Å². The topological polar surface area (TPSA) is 63.4 Å². The van der Waals surface area contributed by atoms with Gasteiger partial charge in [0, 0.05) is 30.4 Å². The molecule has 2 aromatic rings. The van der Waals surface area contributed by atoms with Crippen molar-refractivity contribution in [1.29, 1.82) is 0 Å². The predicted molar refractivity (Wildman–Crippen MR) is 87.3 cm³/mol. The van der Waals surface area contributed by atoms with Gasteiger partial charge in [-0.25, -0.2) is 0 Å². The van der Waals surface area contributed by atoms with Crippen LogP contribution in [0.15, 0.2) is 17.5 Å². The Morgan fingerprint density at radius 2 is 2.26 bits per heavy atom. The molecule has 6 nitrogen and oxygen atoms in total. The zero-order valence-corrected chi connectivity index (χ0v) is 13.9. The Morgan fingerprint density at radius 1 is 1.35 bits per heavy atom. The quantitative estimate of drug-likeness (QED) is 0.833. The molecule has 4 rings (SSSR count). The Bertz CT molecular complexity index is 639. The van der Waals surface area contributed by atoms with Gasteiger partial charge in [0.1, 0.15) is 11.6 Å². The molecule has 7 heteroatoms. The van der Waals surface area contributed by atoms with Crippen LogP contribution in [0.5, 0.6) is 0 Å². The van der Waals surface area contributed by atoms with E-state index in [-0.39, 0.29) is 0 Å². The Kier molecular flexibility index (Phi) is 4.43. The highest BCUT2D eigenvalue weighted by atomic mass is 32.1. The highest BCUT2D eigenvalue weighted by Crippen LogP contribution is 2.39. The molecule has 0 aromatic carbocycles. The molecule has 1 fully saturated rings. The third-order valence-corrected chi connectivity index (χ3v) is 5.26. The minimum absolute atomic E-state index is 0.369. The Morgan fingerprint density at radius 3 is 3.04 bits per heavy atom. The molecular formula is C16H22N4O2S. The molecule has 3 heterocycles. The first-order valence-corrected chi connectivity index (χ1v) is 9.10. The molecule has 0 spiro atoms. The number of ether oxygens (including phenoxy) is 1. The van der Waals surface area contributed by atoms with Crippen LogP contribution in [0.4, 0.5) is 0 Å². The van der Waals surface area contributed by atoms with Crippen molar-refractivity contribution in [2.75, 3.05) is 19.7 Å². The summed E-state index contributed by atoms with van der Waals surface area (Å²) >= 11 is 1.68. The maximum atomic E-state index is 10.2. The number of thiophene rings is 1. The summed E-state index contributed by atoms with van der Waals surface area (Å²) in [5.74, 6) is 2.84. The number of fused-ring (bicyclic) bond motifs is 1. The lowest BCUT2D eigenvalue weighted by Gasteiger charge is -2.29. The fourth-order valence-corrected chi connectivity index (χ4v) is 3.71. The lowest BCUT2D eigenvalue weighted by atomic mass is 10.2. The van der Waals surface area contributed by atoms with E-state index in [0.717, 1.165) is 25.5 Å². The minimum Gasteiger partial charge on any atom is -0.389 e. The van der Waals surface area contributed by atoms with Gasteiger partial charge in [0.2, 0.25) is 0 Å². The van der Waals surface area contributed by atoms with Crippen LogP contribution in [-0.2, 0) is 24.4 Å². The normalized spacial score (nSPS) is 19.7. The van der Waals surface area contributed by atoms with Gasteiger partial charge in [0.05, 0.1) is 25.9 Å². The summed E-state index contributed by atoms with van der Waals surface area (Å²) in [4.78, 5) is 3.43. The maximum absolute atomic E-state index is 10.2. The number of aliphatic hydroxyl groups excluding tert-OH is 1. The molecule has 0 saturated heterocycles. The molecule has 2 aromatic heterocycles. The summed E-state index contributed by atoms with van der Waals surface area (Å²) < 4.78 is 7.87. The fourth-order valence-electron chi connectivity index (χ4n) is 3.07. The minimum atomic E-state index is -0.465. The lowest BCUT2D eigenvalue weighted by molar-refractivity contribution is 0.00607. The molecule has 1 N–H and O–H groups in total. The van der Waals surface area contributed by atoms with Crippen LogP contribution in [-0.4, -0.2) is 50.6 Å². The van der Waals surface area contributed by atoms with Gasteiger partial charge in [0.15, 0.2) is 0 Å². The van der Waals surface area contributed by atoms with Crippen LogP contribution in [0.25, 0.3) is 0 Å². The van der Waals surface area contributed by atoms with Crippen LogP contribution in [0.2, 0.25) is 0 Å². The van der Waals surface area contributed by atoms with Gasteiger partial charge < -0.3 is 14.4 Å². The van der Waals surface area contributed by atoms with E-state index in [1.807, 2.05) is 17.5 Å². The van der Waals surface area contributed by atoms with E-state index in [2.05, 4.69) is 19.7 Å². The molecule has 1 aliphatic carbocycles. The average molecular weight is 334 g/mol. The van der Waals surface area contributed by atoms with Crippen molar-refractivity contribution in [3.63, 3.8) is 0 Å². The molecule has 1 atom stereocenters. The second kappa shape index (κ2) is 6.68. The summed E-state index contributed by atoms with van der Waals surface area (Å²) in [5.41, 5.74) is 0. The van der Waals surface area contributed by atoms with E-state index in [4.69, 9.17) is 4.74 Å². The van der Waals surface area contributed by atoms with Crippen molar-refractivity contribution in [3.8, 4) is 0 Å². The standard InChI is InChI=1S/C16H22N4O2S/c21-13(10-22-11-14-2-1-7-23-14)8-19-5-6-20-15(9-19)17-18-16(20)12-3-4-12/h1-2,7,12-13,21H,3-6,8-11H2/t13-/m0/s1. The highest BCUT2D eigenvalue weighted by Gasteiger charge is 2.32. The zero-order valence-electron chi connectivity index (χ0n) is 13.1. The summed E-state index contributed by atoms with van der Waals surface area (Å²) in [6.07, 6.45) is 2.04. The second-order valence-corrected chi connectivity index (χ2v) is 7.42. The number of aromatic nitrogens is 3. The van der Waals surface area contributed by atoms with E-state index in [1.165, 1.54) is 23.5 Å². The molecular weight excluding hydrogens is 312 g/mol. The third-order valence-electron chi connectivity index (χ3n) is 4.41. The Labute approximate surface area is 139 Å². The number of hydrogen-bond acceptors (Lipinski definition) is 6. The van der Waals surface area contributed by atoms with Crippen molar-refractivity contribution in [2.24, 2.45) is 0 Å². The number of aliphatic hydroxyl groups is 1. The van der Waals surface area contributed by atoms with Crippen molar-refractivity contribution in [2.45, 2.75) is 44.6 Å². The van der Waals surface area contributed by atoms with Gasteiger partial charge in [-0.2, -0.15) is 0 Å². The van der Waals surface area contributed by atoms with Crippen molar-refractivity contribution in [3.05, 3.63) is 34.0 Å². The summed E-state index contributed by atoms with van der Waals surface area (Å²) in [5, 5.41) is 20.9. The smallest absolute Gasteiger partial charge is 0.147 e. The molecule has 1 saturated carbocycles. The van der Waals surface area contributed by atoms with Crippen LogP contribution in [0, 0.1) is 0 Å². The zero-order chi connectivity index (χ0) is 15.6. The summed E-state index contributed by atoms with van der Waals surface area (Å²) in [6, 6.07) is 4.06. The Hall–Kier alpha value is -1.28. The first-order valence-electron chi connectivity index (χ1n) is 8.22. The molecule has 0 bridgehead atoms. The van der Waals surface area contributed by atoms with Crippen LogP contribution < -0.4 is 0 Å². The second-order valence-electron chi connectivity index (χ2n) is 6.38. The molecule has 124 valence electrons. The number of nitrogens with zero attached hydrogens (tertiary/aromatic N) is 4. The number of hydrogen-bond donors (Lipinski definition) is 1. The van der Waals surface area contributed by atoms with Gasteiger partial charge in [-0.05, 0) is 24.3 Å². The van der Waals surface area contributed by atoms with Gasteiger partial charge in [-0.1, -0.05) is 6.07 Å². The van der Waals surface area contributed by atoms with Crippen LogP contribution in [0.1, 0.15) is 35.3 Å². The molecule has 2 aliphatic rings. The predicted octanol–water partition coefficient (Wildman–Crippen LogP) is 1.61. The number of β-amino-alcohol motifs (C(OH)–C–C–N with tert-alkyl or cyclic N) is 1. The first kappa shape index (κ1) is 15.3. The van der Waals surface area contributed by atoms with Crippen LogP contribution >= 0.6 is 11.3 Å². The fraction of sp³-hybridized carbons (Fsp3) is 0.625. The van der Waals surface area contributed by atoms with Crippen molar-refractivity contribution < 1.29 is 9.84 Å². The monoisotopic (exact) mass is 334 g/mol. The van der Waals surface area contributed by atoms with Crippen molar-refractivity contribution in [1.82, 2.24) is 19.7 Å². The third kappa shape index (κ3) is 3.63. The van der Waals surface area contributed by atoms with E-state index in [0.29, 0.717) is 25.7 Å². The van der Waals surface area contributed by atoms with Gasteiger partial charge in [-0.3, -0.25) is 4.90 Å². The first-order chi connectivity index (χ1) is 11.3. The van der Waals surface area contributed by atoms with Gasteiger partial charge >= 0.3 is 0 Å². The summed E-state index contributed by atoms with van der Waals surface area (Å²) in [6.45, 7) is 4.20. The lowest BCUT2D eigenvalue weighted by Crippen LogP contribution is -2.40. The maximum Gasteiger partial charge on any atom is 0.147 e. The SMILES string of the molecule is O[C@H](COCc1cccs1)CN1CCn2c(nnc2C2CC2)C1. The largest absolute Gasteiger partial charge is 0.389 e. The molecule has 23 heavy (non-hydrogen) atoms. The number of rotatable bonds is 7. The van der Waals surface area contributed by atoms with E-state index in [9.17, 15) is 5.11 Å². The van der Waals surface area contributed by atoms with Gasteiger partial charge in [0.25, 0.3) is 0 Å². The summed E-state index contributed by atoms with van der Waals surface area (Å²) in [7, 11) is 0. The van der Waals surface area contributed by atoms with Gasteiger partial charge in [-0.15, -0.1) is 21.5 Å². The van der Waals surface area contributed by atoms with Crippen molar-refractivity contribution >= 4 is 11.3 Å². The molecule has 1 aliphatic heterocycles. The highest BCUT2D eigenvalue weighted by molar-refractivity contribution is 7.09. The van der Waals surface area contributed by atoms with E-state index in [1.54, 1.807) is 11.3 Å². The molecule has 0 radical (unpaired) electrons. The molecule has 0 amide bonds. The van der Waals surface area contributed by atoms with E-state index < -0.39 is 6.10 Å². The average Bonchev–Trinajstić information content (AvgIpc) is 3.09. The molecule has 0 unspecified atom stereocenters. The Balaban J connectivity index is 1.24. The van der Waals surface area contributed by atoms with Crippen LogP contribution in [0.3, 0.4) is 0 Å².